The topological polar surface area (TPSA) is 70.7 Å². The highest BCUT2D eigenvalue weighted by molar-refractivity contribution is 6.33. The fourth-order valence-electron chi connectivity index (χ4n) is 3.86. The van der Waals surface area contributed by atoms with Crippen LogP contribution in [0.15, 0.2) is 72.8 Å². The van der Waals surface area contributed by atoms with Crippen LogP contribution in [-0.2, 0) is 9.53 Å². The SMILES string of the molecule is O=C(CC(NC(=O)c1ccccc1Cl)c1ccccc1)Nc1ccc(N2CCOCC2)c(F)c1. The molecule has 1 aliphatic heterocycles. The van der Waals surface area contributed by atoms with E-state index in [1.54, 1.807) is 36.4 Å². The lowest BCUT2D eigenvalue weighted by Gasteiger charge is -2.29. The van der Waals surface area contributed by atoms with Gasteiger partial charge in [0.15, 0.2) is 0 Å². The van der Waals surface area contributed by atoms with Crippen LogP contribution in [-0.4, -0.2) is 38.1 Å². The van der Waals surface area contributed by atoms with Crippen LogP contribution in [0.3, 0.4) is 0 Å². The van der Waals surface area contributed by atoms with Crippen molar-refractivity contribution in [1.29, 1.82) is 0 Å². The molecular weight excluding hydrogens is 457 g/mol. The molecule has 0 saturated carbocycles. The molecule has 1 heterocycles. The maximum absolute atomic E-state index is 14.7. The van der Waals surface area contributed by atoms with E-state index in [9.17, 15) is 14.0 Å². The average molecular weight is 482 g/mol. The van der Waals surface area contributed by atoms with E-state index in [1.807, 2.05) is 35.2 Å². The Labute approximate surface area is 202 Å². The zero-order chi connectivity index (χ0) is 23.9. The first-order valence-electron chi connectivity index (χ1n) is 11.0. The van der Waals surface area contributed by atoms with Gasteiger partial charge < -0.3 is 20.3 Å². The Balaban J connectivity index is 1.46. The molecule has 1 atom stereocenters. The molecule has 6 nitrogen and oxygen atoms in total. The quantitative estimate of drug-likeness (QED) is 0.508. The highest BCUT2D eigenvalue weighted by Crippen LogP contribution is 2.25. The molecule has 8 heteroatoms. The molecule has 3 aromatic rings. The lowest BCUT2D eigenvalue weighted by Crippen LogP contribution is -2.36. The van der Waals surface area contributed by atoms with E-state index in [1.165, 1.54) is 6.07 Å². The Morgan fingerprint density at radius 1 is 1.00 bits per heavy atom. The zero-order valence-electron chi connectivity index (χ0n) is 18.5. The normalized spacial score (nSPS) is 14.4. The summed E-state index contributed by atoms with van der Waals surface area (Å²) in [5.41, 5.74) is 1.93. The van der Waals surface area contributed by atoms with E-state index in [0.717, 1.165) is 5.56 Å². The number of nitrogens with zero attached hydrogens (tertiary/aromatic N) is 1. The van der Waals surface area contributed by atoms with Crippen LogP contribution in [0.1, 0.15) is 28.4 Å². The second-order valence-electron chi connectivity index (χ2n) is 7.93. The Morgan fingerprint density at radius 3 is 2.41 bits per heavy atom. The Morgan fingerprint density at radius 2 is 1.71 bits per heavy atom. The molecule has 0 spiro atoms. The first-order valence-corrected chi connectivity index (χ1v) is 11.4. The summed E-state index contributed by atoms with van der Waals surface area (Å²) < 4.78 is 20.0. The van der Waals surface area contributed by atoms with Crippen LogP contribution in [0.4, 0.5) is 15.8 Å². The van der Waals surface area contributed by atoms with Crippen molar-refractivity contribution in [2.24, 2.45) is 0 Å². The minimum absolute atomic E-state index is 0.0347. The first kappa shape index (κ1) is 23.7. The van der Waals surface area contributed by atoms with Crippen molar-refractivity contribution in [2.45, 2.75) is 12.5 Å². The van der Waals surface area contributed by atoms with Gasteiger partial charge in [0.1, 0.15) is 5.82 Å². The zero-order valence-corrected chi connectivity index (χ0v) is 19.2. The number of hydrogen-bond donors (Lipinski definition) is 2. The molecule has 2 amide bonds. The number of rotatable bonds is 7. The van der Waals surface area contributed by atoms with Crippen LogP contribution in [0.25, 0.3) is 0 Å². The lowest BCUT2D eigenvalue weighted by molar-refractivity contribution is -0.116. The number of hydrogen-bond acceptors (Lipinski definition) is 4. The molecular formula is C26H25ClFN3O3. The molecule has 176 valence electrons. The third kappa shape index (κ3) is 5.92. The van der Waals surface area contributed by atoms with Crippen LogP contribution in [0.5, 0.6) is 0 Å². The average Bonchev–Trinajstić information content (AvgIpc) is 2.85. The number of carbonyl (C=O) groups excluding carboxylic acids is 2. The van der Waals surface area contributed by atoms with Crippen LogP contribution in [0, 0.1) is 5.82 Å². The largest absolute Gasteiger partial charge is 0.378 e. The van der Waals surface area contributed by atoms with Gasteiger partial charge in [-0.25, -0.2) is 4.39 Å². The van der Waals surface area contributed by atoms with Crippen LogP contribution in [0.2, 0.25) is 5.02 Å². The fraction of sp³-hybridized carbons (Fsp3) is 0.231. The first-order chi connectivity index (χ1) is 16.5. The summed E-state index contributed by atoms with van der Waals surface area (Å²) in [7, 11) is 0. The molecule has 1 fully saturated rings. The Bertz CT molecular complexity index is 1150. The summed E-state index contributed by atoms with van der Waals surface area (Å²) in [5.74, 6) is -1.15. The van der Waals surface area contributed by atoms with Gasteiger partial charge in [-0.3, -0.25) is 9.59 Å². The summed E-state index contributed by atoms with van der Waals surface area (Å²) in [6, 6.07) is 20.0. The molecule has 0 aliphatic carbocycles. The van der Waals surface area contributed by atoms with Crippen molar-refractivity contribution in [3.63, 3.8) is 0 Å². The highest BCUT2D eigenvalue weighted by Gasteiger charge is 2.21. The monoisotopic (exact) mass is 481 g/mol. The van der Waals surface area contributed by atoms with Gasteiger partial charge in [-0.05, 0) is 35.9 Å². The van der Waals surface area contributed by atoms with Crippen molar-refractivity contribution in [2.75, 3.05) is 36.5 Å². The Hall–Kier alpha value is -3.42. The van der Waals surface area contributed by atoms with Gasteiger partial charge in [-0.2, -0.15) is 0 Å². The van der Waals surface area contributed by atoms with E-state index < -0.39 is 11.9 Å². The van der Waals surface area contributed by atoms with Gasteiger partial charge in [-0.15, -0.1) is 0 Å². The summed E-state index contributed by atoms with van der Waals surface area (Å²) in [6.07, 6.45) is -0.0347. The van der Waals surface area contributed by atoms with Gasteiger partial charge >= 0.3 is 0 Å². The highest BCUT2D eigenvalue weighted by atomic mass is 35.5. The number of halogens is 2. The van der Waals surface area contributed by atoms with E-state index in [4.69, 9.17) is 16.3 Å². The standard InChI is InChI=1S/C26H25ClFN3O3/c27-21-9-5-4-8-20(21)26(33)30-23(18-6-2-1-3-7-18)17-25(32)29-19-10-11-24(22(28)16-19)31-12-14-34-15-13-31/h1-11,16,23H,12-15,17H2,(H,29,32)(H,30,33). The smallest absolute Gasteiger partial charge is 0.253 e. The molecule has 34 heavy (non-hydrogen) atoms. The second-order valence-corrected chi connectivity index (χ2v) is 8.34. The molecule has 0 aromatic heterocycles. The maximum atomic E-state index is 14.7. The van der Waals surface area contributed by atoms with Crippen LogP contribution >= 0.6 is 11.6 Å². The lowest BCUT2D eigenvalue weighted by atomic mass is 10.0. The molecule has 1 aliphatic rings. The number of anilines is 2. The predicted octanol–water partition coefficient (Wildman–Crippen LogP) is 4.82. The third-order valence-electron chi connectivity index (χ3n) is 5.60. The summed E-state index contributed by atoms with van der Waals surface area (Å²) in [5, 5.41) is 5.96. The van der Waals surface area contributed by atoms with Gasteiger partial charge in [0.25, 0.3) is 5.91 Å². The van der Waals surface area contributed by atoms with Crippen molar-refractivity contribution < 1.29 is 18.7 Å². The van der Waals surface area contributed by atoms with Crippen LogP contribution < -0.4 is 15.5 Å². The van der Waals surface area contributed by atoms with E-state index in [2.05, 4.69) is 10.6 Å². The minimum Gasteiger partial charge on any atom is -0.378 e. The van der Waals surface area contributed by atoms with Crippen molar-refractivity contribution in [3.05, 3.63) is 94.8 Å². The van der Waals surface area contributed by atoms with Gasteiger partial charge in [-0.1, -0.05) is 54.1 Å². The molecule has 3 aromatic carbocycles. The van der Waals surface area contributed by atoms with E-state index in [0.29, 0.717) is 48.3 Å². The minimum atomic E-state index is -0.595. The number of benzene rings is 3. The van der Waals surface area contributed by atoms with Gasteiger partial charge in [0.2, 0.25) is 5.91 Å². The fourth-order valence-corrected chi connectivity index (χ4v) is 4.08. The number of amides is 2. The summed E-state index contributed by atoms with van der Waals surface area (Å²) >= 11 is 6.16. The molecule has 0 bridgehead atoms. The van der Waals surface area contributed by atoms with Crippen molar-refractivity contribution in [3.8, 4) is 0 Å². The second kappa shape index (κ2) is 11.1. The summed E-state index contributed by atoms with van der Waals surface area (Å²) in [4.78, 5) is 27.6. The molecule has 2 N–H and O–H groups in total. The van der Waals surface area contributed by atoms with E-state index in [-0.39, 0.29) is 18.2 Å². The maximum Gasteiger partial charge on any atom is 0.253 e. The molecule has 4 rings (SSSR count). The number of carbonyl (C=O) groups is 2. The van der Waals surface area contributed by atoms with Gasteiger partial charge in [0, 0.05) is 18.8 Å². The summed E-state index contributed by atoms with van der Waals surface area (Å²) in [6.45, 7) is 2.34. The van der Waals surface area contributed by atoms with Crippen molar-refractivity contribution in [1.82, 2.24) is 5.32 Å². The third-order valence-corrected chi connectivity index (χ3v) is 5.93. The molecule has 0 radical (unpaired) electrons. The van der Waals surface area contributed by atoms with Gasteiger partial charge in [0.05, 0.1) is 41.9 Å². The molecule has 1 saturated heterocycles. The number of nitrogens with one attached hydrogen (secondary N) is 2. The molecule has 1 unspecified atom stereocenters. The number of morpholine rings is 1. The van der Waals surface area contributed by atoms with Crippen molar-refractivity contribution >= 4 is 34.8 Å². The predicted molar refractivity (Wildman–Crippen MR) is 131 cm³/mol. The Kier molecular flexibility index (Phi) is 7.77. The van der Waals surface area contributed by atoms with E-state index >= 15 is 0 Å². The number of ether oxygens (including phenoxy) is 1.